The van der Waals surface area contributed by atoms with E-state index in [-0.39, 0.29) is 12.0 Å². The second-order valence-electron chi connectivity index (χ2n) is 6.33. The summed E-state index contributed by atoms with van der Waals surface area (Å²) in [6.45, 7) is 0.534. The van der Waals surface area contributed by atoms with Crippen molar-refractivity contribution in [3.05, 3.63) is 46.8 Å². The van der Waals surface area contributed by atoms with Crippen LogP contribution in [0.1, 0.15) is 57.8 Å². The van der Waals surface area contributed by atoms with E-state index in [4.69, 9.17) is 9.94 Å². The van der Waals surface area contributed by atoms with Gasteiger partial charge in [-0.05, 0) is 31.4 Å². The topological polar surface area (TPSA) is 68.5 Å². The molecule has 0 spiro atoms. The van der Waals surface area contributed by atoms with Crippen molar-refractivity contribution in [3.8, 4) is 0 Å². The Morgan fingerprint density at radius 3 is 2.24 bits per heavy atom. The van der Waals surface area contributed by atoms with Crippen LogP contribution in [0.3, 0.4) is 0 Å². The Hall–Kier alpha value is -2.30. The molecule has 1 aromatic carbocycles. The van der Waals surface area contributed by atoms with Crippen molar-refractivity contribution in [2.45, 2.75) is 57.8 Å². The number of aliphatic carboxylic acids is 1. The predicted octanol–water partition coefficient (Wildman–Crippen LogP) is 4.03. The number of aromatic nitrogens is 1. The lowest BCUT2D eigenvalue weighted by Crippen LogP contribution is -2.27. The molecule has 2 aromatic rings. The summed E-state index contributed by atoms with van der Waals surface area (Å²) in [5.74, 6) is -0.703. The minimum atomic E-state index is -0.703. The molecule has 0 bridgehead atoms. The van der Waals surface area contributed by atoms with Gasteiger partial charge in [0.25, 0.3) is 5.56 Å². The summed E-state index contributed by atoms with van der Waals surface area (Å²) in [5.41, 5.74) is 0.663. The van der Waals surface area contributed by atoms with Crippen molar-refractivity contribution < 1.29 is 14.7 Å². The summed E-state index contributed by atoms with van der Waals surface area (Å²) in [7, 11) is 0. The zero-order valence-corrected chi connectivity index (χ0v) is 14.7. The molecule has 136 valence electrons. The van der Waals surface area contributed by atoms with Crippen LogP contribution < -0.4 is 10.4 Å². The zero-order valence-electron chi connectivity index (χ0n) is 14.7. The average molecular weight is 345 g/mol. The summed E-state index contributed by atoms with van der Waals surface area (Å²) in [6.07, 6.45) is 8.64. The highest BCUT2D eigenvalue weighted by Crippen LogP contribution is 2.11. The molecule has 0 radical (unpaired) electrons. The first kappa shape index (κ1) is 19.0. The summed E-state index contributed by atoms with van der Waals surface area (Å²) < 4.78 is 1.39. The fourth-order valence-electron chi connectivity index (χ4n) is 2.89. The molecule has 5 nitrogen and oxygen atoms in total. The number of rotatable bonds is 12. The van der Waals surface area contributed by atoms with Crippen LogP contribution in [0.25, 0.3) is 10.9 Å². The first-order valence-corrected chi connectivity index (χ1v) is 9.14. The highest BCUT2D eigenvalue weighted by atomic mass is 16.7. The van der Waals surface area contributed by atoms with Gasteiger partial charge in [0.15, 0.2) is 0 Å². The van der Waals surface area contributed by atoms with Gasteiger partial charge in [0.05, 0.1) is 5.52 Å². The minimum Gasteiger partial charge on any atom is -0.481 e. The summed E-state index contributed by atoms with van der Waals surface area (Å²) in [5, 5.41) is 9.55. The fourth-order valence-corrected chi connectivity index (χ4v) is 2.89. The normalized spacial score (nSPS) is 10.9. The van der Waals surface area contributed by atoms with Gasteiger partial charge in [-0.1, -0.05) is 50.3 Å². The van der Waals surface area contributed by atoms with E-state index in [0.29, 0.717) is 6.61 Å². The largest absolute Gasteiger partial charge is 0.481 e. The number of fused-ring (bicyclic) bond motifs is 1. The molecular formula is C20H27NO4. The average Bonchev–Trinajstić information content (AvgIpc) is 2.61. The number of carbonyl (C=O) groups is 1. The Morgan fingerprint density at radius 1 is 0.880 bits per heavy atom. The number of benzene rings is 1. The van der Waals surface area contributed by atoms with Gasteiger partial charge in [0.2, 0.25) is 0 Å². The number of carboxylic acid groups (broad SMARTS) is 1. The van der Waals surface area contributed by atoms with Crippen LogP contribution in [0.5, 0.6) is 0 Å². The van der Waals surface area contributed by atoms with E-state index in [1.165, 1.54) is 17.2 Å². The van der Waals surface area contributed by atoms with E-state index in [1.807, 2.05) is 30.3 Å². The lowest BCUT2D eigenvalue weighted by molar-refractivity contribution is -0.137. The van der Waals surface area contributed by atoms with E-state index in [0.717, 1.165) is 55.8 Å². The van der Waals surface area contributed by atoms with Crippen molar-refractivity contribution in [1.29, 1.82) is 0 Å². The zero-order chi connectivity index (χ0) is 17.9. The molecule has 0 unspecified atom stereocenters. The van der Waals surface area contributed by atoms with Crippen LogP contribution in [0.4, 0.5) is 0 Å². The van der Waals surface area contributed by atoms with Gasteiger partial charge in [0, 0.05) is 17.9 Å². The van der Waals surface area contributed by atoms with Crippen LogP contribution in [0, 0.1) is 0 Å². The molecule has 2 rings (SSSR count). The minimum absolute atomic E-state index is 0.139. The molecule has 0 aliphatic carbocycles. The predicted molar refractivity (Wildman–Crippen MR) is 98.8 cm³/mol. The van der Waals surface area contributed by atoms with Gasteiger partial charge >= 0.3 is 5.97 Å². The fraction of sp³-hybridized carbons (Fsp3) is 0.500. The molecule has 0 aliphatic heterocycles. The first-order valence-electron chi connectivity index (χ1n) is 9.14. The van der Waals surface area contributed by atoms with Crippen molar-refractivity contribution >= 4 is 16.9 Å². The van der Waals surface area contributed by atoms with Gasteiger partial charge in [0.1, 0.15) is 6.61 Å². The van der Waals surface area contributed by atoms with Gasteiger partial charge in [-0.2, -0.15) is 0 Å². The number of hydrogen-bond donors (Lipinski definition) is 1. The maximum absolute atomic E-state index is 12.0. The van der Waals surface area contributed by atoms with Crippen molar-refractivity contribution in [3.63, 3.8) is 0 Å². The number of pyridine rings is 1. The molecular weight excluding hydrogens is 318 g/mol. The van der Waals surface area contributed by atoms with Gasteiger partial charge < -0.3 is 9.94 Å². The molecule has 5 heteroatoms. The number of hydrogen-bond acceptors (Lipinski definition) is 3. The van der Waals surface area contributed by atoms with E-state index in [1.54, 1.807) is 0 Å². The smallest absolute Gasteiger partial charge is 0.303 e. The monoisotopic (exact) mass is 345 g/mol. The van der Waals surface area contributed by atoms with Gasteiger partial charge in [-0.15, -0.1) is 4.73 Å². The summed E-state index contributed by atoms with van der Waals surface area (Å²) in [6, 6.07) is 11.0. The van der Waals surface area contributed by atoms with Crippen molar-refractivity contribution in [2.24, 2.45) is 0 Å². The standard InChI is InChI=1S/C20H27NO4/c22-19-15-14-17-11-8-9-12-18(17)21(19)25-16-10-6-4-2-1-3-5-7-13-20(23)24/h8-9,11-12,14-15H,1-7,10,13,16H2,(H,23,24). The maximum atomic E-state index is 12.0. The third-order valence-corrected chi connectivity index (χ3v) is 4.27. The number of nitrogens with zero attached hydrogens (tertiary/aromatic N) is 1. The Bertz CT molecular complexity index is 723. The van der Waals surface area contributed by atoms with Crippen LogP contribution >= 0.6 is 0 Å². The van der Waals surface area contributed by atoms with Crippen molar-refractivity contribution in [2.75, 3.05) is 6.61 Å². The molecule has 0 amide bonds. The Morgan fingerprint density at radius 2 is 1.52 bits per heavy atom. The van der Waals surface area contributed by atoms with E-state index >= 15 is 0 Å². The molecule has 0 saturated carbocycles. The van der Waals surface area contributed by atoms with Crippen molar-refractivity contribution in [1.82, 2.24) is 4.73 Å². The maximum Gasteiger partial charge on any atom is 0.303 e. The summed E-state index contributed by atoms with van der Waals surface area (Å²) >= 11 is 0. The second kappa shape index (κ2) is 10.5. The SMILES string of the molecule is O=C(O)CCCCCCCCCCOn1c(=O)ccc2ccccc21. The third kappa shape index (κ3) is 6.61. The molecule has 0 aliphatic rings. The number of carboxylic acids is 1. The number of para-hydroxylation sites is 1. The lowest BCUT2D eigenvalue weighted by Gasteiger charge is -2.11. The second-order valence-corrected chi connectivity index (χ2v) is 6.33. The van der Waals surface area contributed by atoms with Crippen LogP contribution in [-0.2, 0) is 4.79 Å². The van der Waals surface area contributed by atoms with Gasteiger partial charge in [-0.25, -0.2) is 0 Å². The highest BCUT2D eigenvalue weighted by molar-refractivity contribution is 5.78. The van der Waals surface area contributed by atoms with Gasteiger partial charge in [-0.3, -0.25) is 9.59 Å². The molecule has 1 aromatic heterocycles. The quantitative estimate of drug-likeness (QED) is 0.590. The Balaban J connectivity index is 1.59. The molecule has 0 fully saturated rings. The Labute approximate surface area is 148 Å². The molecule has 1 N–H and O–H groups in total. The van der Waals surface area contributed by atoms with Crippen LogP contribution in [0.2, 0.25) is 0 Å². The molecule has 0 atom stereocenters. The van der Waals surface area contributed by atoms with E-state index < -0.39 is 5.97 Å². The van der Waals surface area contributed by atoms with Crippen LogP contribution in [0.15, 0.2) is 41.2 Å². The van der Waals surface area contributed by atoms with Crippen LogP contribution in [-0.4, -0.2) is 22.4 Å². The third-order valence-electron chi connectivity index (χ3n) is 4.27. The van der Waals surface area contributed by atoms with E-state index in [9.17, 15) is 9.59 Å². The first-order chi connectivity index (χ1) is 12.2. The Kier molecular flexibility index (Phi) is 8.02. The summed E-state index contributed by atoms with van der Waals surface area (Å²) in [4.78, 5) is 28.0. The number of unbranched alkanes of at least 4 members (excludes halogenated alkanes) is 7. The molecule has 0 saturated heterocycles. The molecule has 1 heterocycles. The highest BCUT2D eigenvalue weighted by Gasteiger charge is 2.03. The van der Waals surface area contributed by atoms with E-state index in [2.05, 4.69) is 0 Å². The molecule has 25 heavy (non-hydrogen) atoms. The lowest BCUT2D eigenvalue weighted by atomic mass is 10.1.